The number of rotatable bonds is 0. The molecule has 0 aliphatic carbocycles. The summed E-state index contributed by atoms with van der Waals surface area (Å²) >= 11 is 0. The highest BCUT2D eigenvalue weighted by Crippen LogP contribution is 2.13. The van der Waals surface area contributed by atoms with Gasteiger partial charge in [-0.3, -0.25) is 0 Å². The third-order valence-electron chi connectivity index (χ3n) is 2.62. The summed E-state index contributed by atoms with van der Waals surface area (Å²) in [5, 5.41) is 0.878. The van der Waals surface area contributed by atoms with Gasteiger partial charge in [0.2, 0.25) is 0 Å². The van der Waals surface area contributed by atoms with Gasteiger partial charge in [0.05, 0.1) is 0 Å². The lowest BCUT2D eigenvalue weighted by Gasteiger charge is -1.95. The van der Waals surface area contributed by atoms with Crippen LogP contribution >= 0.6 is 0 Å². The highest BCUT2D eigenvalue weighted by atomic mass is 16.4. The standard InChI is InChI=1S/C16H9NO2/c18-16-9-7-13-6-4-12(11-15(13)19-16)5-8-14-3-1-2-10-17-14/h1-4,6-7,9-11H. The van der Waals surface area contributed by atoms with Gasteiger partial charge in [0.1, 0.15) is 11.3 Å². The predicted octanol–water partition coefficient (Wildman–Crippen LogP) is 2.59. The van der Waals surface area contributed by atoms with Gasteiger partial charge in [-0.15, -0.1) is 0 Å². The molecule has 0 spiro atoms. The minimum Gasteiger partial charge on any atom is -0.423 e. The first-order chi connectivity index (χ1) is 9.31. The van der Waals surface area contributed by atoms with E-state index < -0.39 is 0 Å². The maximum Gasteiger partial charge on any atom is 0.336 e. The number of hydrogen-bond acceptors (Lipinski definition) is 3. The molecule has 0 radical (unpaired) electrons. The van der Waals surface area contributed by atoms with Gasteiger partial charge in [-0.05, 0) is 42.3 Å². The Kier molecular flexibility index (Phi) is 2.83. The van der Waals surface area contributed by atoms with Crippen molar-refractivity contribution in [2.24, 2.45) is 0 Å². The zero-order chi connectivity index (χ0) is 13.1. The van der Waals surface area contributed by atoms with Crippen LogP contribution in [-0.2, 0) is 0 Å². The minimum absolute atomic E-state index is 0.359. The molecule has 1 aromatic carbocycles. The fourth-order valence-corrected chi connectivity index (χ4v) is 1.71. The quantitative estimate of drug-likeness (QED) is 0.453. The van der Waals surface area contributed by atoms with E-state index in [0.717, 1.165) is 10.9 Å². The van der Waals surface area contributed by atoms with E-state index in [1.165, 1.54) is 6.07 Å². The smallest absolute Gasteiger partial charge is 0.336 e. The second-order valence-electron chi connectivity index (χ2n) is 3.97. The van der Waals surface area contributed by atoms with Crippen LogP contribution in [0.2, 0.25) is 0 Å². The topological polar surface area (TPSA) is 43.1 Å². The van der Waals surface area contributed by atoms with E-state index in [0.29, 0.717) is 11.3 Å². The lowest BCUT2D eigenvalue weighted by molar-refractivity contribution is 0.561. The SMILES string of the molecule is O=c1ccc2ccc(C#Cc3ccccn3)cc2o1. The molecule has 0 aliphatic heterocycles. The first-order valence-corrected chi connectivity index (χ1v) is 5.78. The summed E-state index contributed by atoms with van der Waals surface area (Å²) < 4.78 is 5.12. The molecule has 0 unspecified atom stereocenters. The molecular formula is C16H9NO2. The minimum atomic E-state index is -0.359. The molecule has 19 heavy (non-hydrogen) atoms. The molecule has 0 atom stereocenters. The number of nitrogens with zero attached hydrogens (tertiary/aromatic N) is 1. The average molecular weight is 247 g/mol. The van der Waals surface area contributed by atoms with E-state index in [9.17, 15) is 4.79 Å². The van der Waals surface area contributed by atoms with Crippen LogP contribution < -0.4 is 5.63 Å². The van der Waals surface area contributed by atoms with Crippen molar-refractivity contribution in [3.63, 3.8) is 0 Å². The lowest BCUT2D eigenvalue weighted by Crippen LogP contribution is -1.94. The van der Waals surface area contributed by atoms with Crippen molar-refractivity contribution in [1.82, 2.24) is 4.98 Å². The van der Waals surface area contributed by atoms with E-state index >= 15 is 0 Å². The molecule has 0 saturated carbocycles. The summed E-state index contributed by atoms with van der Waals surface area (Å²) in [5.41, 5.74) is 1.67. The largest absolute Gasteiger partial charge is 0.423 e. The Morgan fingerprint density at radius 1 is 1.00 bits per heavy atom. The predicted molar refractivity (Wildman–Crippen MR) is 72.7 cm³/mol. The summed E-state index contributed by atoms with van der Waals surface area (Å²) in [5.74, 6) is 5.96. The van der Waals surface area contributed by atoms with Crippen LogP contribution in [0, 0.1) is 11.8 Å². The first-order valence-electron chi connectivity index (χ1n) is 5.78. The molecule has 0 fully saturated rings. The van der Waals surface area contributed by atoms with Crippen LogP contribution in [0.4, 0.5) is 0 Å². The summed E-state index contributed by atoms with van der Waals surface area (Å²) in [6, 6.07) is 14.2. The number of benzene rings is 1. The number of pyridine rings is 1. The van der Waals surface area contributed by atoms with Crippen LogP contribution in [0.3, 0.4) is 0 Å². The number of hydrogen-bond donors (Lipinski definition) is 0. The van der Waals surface area contributed by atoms with Crippen LogP contribution in [0.1, 0.15) is 11.3 Å². The molecule has 90 valence electrons. The highest BCUT2D eigenvalue weighted by molar-refractivity contribution is 5.77. The zero-order valence-electron chi connectivity index (χ0n) is 9.96. The molecule has 0 amide bonds. The second kappa shape index (κ2) is 4.79. The fourth-order valence-electron chi connectivity index (χ4n) is 1.71. The van der Waals surface area contributed by atoms with E-state index in [-0.39, 0.29) is 5.63 Å². The maximum atomic E-state index is 11.2. The number of fused-ring (bicyclic) bond motifs is 1. The Bertz CT molecular complexity index is 839. The van der Waals surface area contributed by atoms with Crippen LogP contribution in [0.15, 0.2) is 63.9 Å². The van der Waals surface area contributed by atoms with Crippen LogP contribution in [0.25, 0.3) is 11.0 Å². The Labute approximate surface area is 109 Å². The maximum absolute atomic E-state index is 11.2. The highest BCUT2D eigenvalue weighted by Gasteiger charge is 1.97. The van der Waals surface area contributed by atoms with Gasteiger partial charge >= 0.3 is 5.63 Å². The van der Waals surface area contributed by atoms with Gasteiger partial charge in [-0.2, -0.15) is 0 Å². The third-order valence-corrected chi connectivity index (χ3v) is 2.62. The number of aromatic nitrogens is 1. The van der Waals surface area contributed by atoms with E-state index in [4.69, 9.17) is 4.42 Å². The van der Waals surface area contributed by atoms with E-state index in [1.54, 1.807) is 18.3 Å². The van der Waals surface area contributed by atoms with Crippen molar-refractivity contribution >= 4 is 11.0 Å². The summed E-state index contributed by atoms with van der Waals surface area (Å²) in [6.45, 7) is 0. The third kappa shape index (κ3) is 2.53. The molecule has 0 aliphatic rings. The van der Waals surface area contributed by atoms with Crippen molar-refractivity contribution in [1.29, 1.82) is 0 Å². The molecule has 3 nitrogen and oxygen atoms in total. The van der Waals surface area contributed by atoms with Gasteiger partial charge in [-0.1, -0.05) is 12.0 Å². The van der Waals surface area contributed by atoms with Gasteiger partial charge in [0.25, 0.3) is 0 Å². The van der Waals surface area contributed by atoms with Crippen molar-refractivity contribution < 1.29 is 4.42 Å². The second-order valence-corrected chi connectivity index (χ2v) is 3.97. The summed E-state index contributed by atoms with van der Waals surface area (Å²) in [4.78, 5) is 15.3. The van der Waals surface area contributed by atoms with Crippen molar-refractivity contribution in [2.75, 3.05) is 0 Å². The van der Waals surface area contributed by atoms with E-state index in [2.05, 4.69) is 16.8 Å². The summed E-state index contributed by atoms with van der Waals surface area (Å²) in [6.07, 6.45) is 1.70. The lowest BCUT2D eigenvalue weighted by atomic mass is 10.1. The van der Waals surface area contributed by atoms with Crippen molar-refractivity contribution in [3.8, 4) is 11.8 Å². The average Bonchev–Trinajstić information content (AvgIpc) is 2.46. The van der Waals surface area contributed by atoms with E-state index in [1.807, 2.05) is 30.3 Å². The molecule has 2 heterocycles. The van der Waals surface area contributed by atoms with Crippen LogP contribution in [-0.4, -0.2) is 4.98 Å². The Morgan fingerprint density at radius 3 is 2.74 bits per heavy atom. The first kappa shape index (κ1) is 11.2. The van der Waals surface area contributed by atoms with Crippen molar-refractivity contribution in [3.05, 3.63) is 76.4 Å². The molecule has 0 saturated heterocycles. The molecular weight excluding hydrogens is 238 g/mol. The van der Waals surface area contributed by atoms with Gasteiger partial charge < -0.3 is 4.42 Å². The molecule has 0 bridgehead atoms. The molecule has 2 aromatic heterocycles. The van der Waals surface area contributed by atoms with Gasteiger partial charge in [0.15, 0.2) is 0 Å². The Balaban J connectivity index is 2.03. The normalized spacial score (nSPS) is 9.89. The molecule has 0 N–H and O–H groups in total. The monoisotopic (exact) mass is 247 g/mol. The Morgan fingerprint density at radius 2 is 1.89 bits per heavy atom. The molecule has 3 heteroatoms. The van der Waals surface area contributed by atoms with Crippen molar-refractivity contribution in [2.45, 2.75) is 0 Å². The van der Waals surface area contributed by atoms with Gasteiger partial charge in [-0.25, -0.2) is 9.78 Å². The van der Waals surface area contributed by atoms with Crippen LogP contribution in [0.5, 0.6) is 0 Å². The molecule has 3 aromatic rings. The Hall–Kier alpha value is -2.86. The fraction of sp³-hybridized carbons (Fsp3) is 0. The van der Waals surface area contributed by atoms with Gasteiger partial charge in [0, 0.05) is 23.2 Å². The molecule has 3 rings (SSSR count). The zero-order valence-corrected chi connectivity index (χ0v) is 9.96. The summed E-state index contributed by atoms with van der Waals surface area (Å²) in [7, 11) is 0.